The van der Waals surface area contributed by atoms with Crippen LogP contribution < -0.4 is 10.2 Å². The van der Waals surface area contributed by atoms with Crippen LogP contribution >= 0.6 is 24.0 Å². The minimum absolute atomic E-state index is 0. The molecule has 0 bridgehead atoms. The number of rotatable bonds is 2. The standard InChI is InChI=1S/C10H15ClN4.ClH/c1-7-5-9(14-10(11)13-7)15(2)8-3-4-12-6-8;/h5,8,12H,3-4,6H2,1-2H3;1H. The predicted octanol–water partition coefficient (Wildman–Crippen LogP) is 1.66. The van der Waals surface area contributed by atoms with E-state index in [1.165, 1.54) is 0 Å². The fraction of sp³-hybridized carbons (Fsp3) is 0.600. The van der Waals surface area contributed by atoms with Crippen molar-refractivity contribution in [3.63, 3.8) is 0 Å². The number of nitrogens with one attached hydrogen (secondary N) is 1. The van der Waals surface area contributed by atoms with Gasteiger partial charge in [0.25, 0.3) is 0 Å². The minimum atomic E-state index is 0. The molecule has 2 rings (SSSR count). The van der Waals surface area contributed by atoms with E-state index in [1.807, 2.05) is 13.0 Å². The maximum absolute atomic E-state index is 5.84. The van der Waals surface area contributed by atoms with Gasteiger partial charge in [-0.1, -0.05) is 0 Å². The Labute approximate surface area is 107 Å². The fourth-order valence-corrected chi connectivity index (χ4v) is 2.07. The van der Waals surface area contributed by atoms with Gasteiger partial charge in [-0.2, -0.15) is 0 Å². The summed E-state index contributed by atoms with van der Waals surface area (Å²) in [5, 5.41) is 3.66. The molecule has 0 amide bonds. The summed E-state index contributed by atoms with van der Waals surface area (Å²) in [5.74, 6) is 0.904. The van der Waals surface area contributed by atoms with Crippen LogP contribution in [0.3, 0.4) is 0 Å². The van der Waals surface area contributed by atoms with Crippen LogP contribution in [0.5, 0.6) is 0 Å². The van der Waals surface area contributed by atoms with Gasteiger partial charge in [-0.25, -0.2) is 9.97 Å². The Kier molecular flexibility index (Phi) is 4.77. The van der Waals surface area contributed by atoms with Crippen molar-refractivity contribution in [3.8, 4) is 0 Å². The molecule has 1 atom stereocenters. The van der Waals surface area contributed by atoms with Crippen molar-refractivity contribution in [2.24, 2.45) is 0 Å². The molecule has 1 aromatic heterocycles. The van der Waals surface area contributed by atoms with Crippen LogP contribution in [-0.4, -0.2) is 36.1 Å². The molecular formula is C10H16Cl2N4. The number of halogens is 2. The van der Waals surface area contributed by atoms with Crippen molar-refractivity contribution in [3.05, 3.63) is 17.0 Å². The molecule has 0 aromatic carbocycles. The Hall–Kier alpha value is -0.580. The lowest BCUT2D eigenvalue weighted by atomic mass is 10.2. The molecule has 1 aliphatic rings. The Morgan fingerprint density at radius 3 is 2.81 bits per heavy atom. The SMILES string of the molecule is Cc1cc(N(C)C2CCNC2)nc(Cl)n1.Cl. The first-order chi connectivity index (χ1) is 7.16. The zero-order valence-corrected chi connectivity index (χ0v) is 11.0. The maximum atomic E-state index is 5.84. The third-order valence-corrected chi connectivity index (χ3v) is 2.93. The number of likely N-dealkylation sites (N-methyl/N-ethyl adjacent to an activating group) is 1. The molecule has 1 aromatic rings. The van der Waals surface area contributed by atoms with Gasteiger partial charge in [0.05, 0.1) is 0 Å². The third-order valence-electron chi connectivity index (χ3n) is 2.76. The average Bonchev–Trinajstić information content (AvgIpc) is 2.67. The molecule has 4 nitrogen and oxygen atoms in total. The van der Waals surface area contributed by atoms with E-state index < -0.39 is 0 Å². The summed E-state index contributed by atoms with van der Waals surface area (Å²) in [5.41, 5.74) is 0.905. The van der Waals surface area contributed by atoms with E-state index in [-0.39, 0.29) is 12.4 Å². The van der Waals surface area contributed by atoms with Gasteiger partial charge in [-0.05, 0) is 31.5 Å². The fourth-order valence-electron chi connectivity index (χ4n) is 1.85. The van der Waals surface area contributed by atoms with Gasteiger partial charge in [0.2, 0.25) is 5.28 Å². The zero-order valence-electron chi connectivity index (χ0n) is 9.40. The van der Waals surface area contributed by atoms with Crippen LogP contribution in [0.15, 0.2) is 6.07 Å². The second-order valence-corrected chi connectivity index (χ2v) is 4.23. The molecule has 1 aliphatic heterocycles. The second kappa shape index (κ2) is 5.66. The van der Waals surface area contributed by atoms with Crippen molar-refractivity contribution < 1.29 is 0 Å². The Bertz CT molecular complexity index is 332. The minimum Gasteiger partial charge on any atom is -0.355 e. The Morgan fingerprint density at radius 1 is 1.50 bits per heavy atom. The summed E-state index contributed by atoms with van der Waals surface area (Å²) in [6.07, 6.45) is 1.15. The smallest absolute Gasteiger partial charge is 0.224 e. The van der Waals surface area contributed by atoms with E-state index in [2.05, 4.69) is 27.2 Å². The van der Waals surface area contributed by atoms with Crippen molar-refractivity contribution >= 4 is 29.8 Å². The van der Waals surface area contributed by atoms with Crippen molar-refractivity contribution in [1.82, 2.24) is 15.3 Å². The van der Waals surface area contributed by atoms with Crippen LogP contribution in [0.2, 0.25) is 5.28 Å². The van der Waals surface area contributed by atoms with E-state index in [9.17, 15) is 0 Å². The first-order valence-electron chi connectivity index (χ1n) is 5.11. The van der Waals surface area contributed by atoms with E-state index in [0.717, 1.165) is 31.0 Å². The highest BCUT2D eigenvalue weighted by Crippen LogP contribution is 2.18. The number of nitrogens with zero attached hydrogens (tertiary/aromatic N) is 3. The van der Waals surface area contributed by atoms with Gasteiger partial charge < -0.3 is 10.2 Å². The molecule has 1 unspecified atom stereocenters. The molecule has 0 spiro atoms. The van der Waals surface area contributed by atoms with Crippen LogP contribution in [-0.2, 0) is 0 Å². The number of anilines is 1. The number of hydrogen-bond donors (Lipinski definition) is 1. The molecular weight excluding hydrogens is 247 g/mol. The molecule has 2 heterocycles. The summed E-state index contributed by atoms with van der Waals surface area (Å²) < 4.78 is 0. The van der Waals surface area contributed by atoms with Crippen LogP contribution in [0.4, 0.5) is 5.82 Å². The molecule has 6 heteroatoms. The second-order valence-electron chi connectivity index (χ2n) is 3.89. The Balaban J connectivity index is 0.00000128. The van der Waals surface area contributed by atoms with Gasteiger partial charge in [-0.3, -0.25) is 0 Å². The van der Waals surface area contributed by atoms with Gasteiger partial charge >= 0.3 is 0 Å². The van der Waals surface area contributed by atoms with Crippen molar-refractivity contribution in [2.45, 2.75) is 19.4 Å². The predicted molar refractivity (Wildman–Crippen MR) is 68.7 cm³/mol. The Morgan fingerprint density at radius 2 is 2.25 bits per heavy atom. The summed E-state index contributed by atoms with van der Waals surface area (Å²) >= 11 is 5.84. The molecule has 0 saturated carbocycles. The van der Waals surface area contributed by atoms with Gasteiger partial charge in [-0.15, -0.1) is 12.4 Å². The normalized spacial score (nSPS) is 19.3. The average molecular weight is 263 g/mol. The molecule has 1 fully saturated rings. The summed E-state index contributed by atoms with van der Waals surface area (Å²) in [6.45, 7) is 4.02. The summed E-state index contributed by atoms with van der Waals surface area (Å²) in [4.78, 5) is 10.5. The highest BCUT2D eigenvalue weighted by molar-refractivity contribution is 6.28. The lowest BCUT2D eigenvalue weighted by molar-refractivity contribution is 0.676. The van der Waals surface area contributed by atoms with E-state index in [0.29, 0.717) is 11.3 Å². The molecule has 1 saturated heterocycles. The molecule has 16 heavy (non-hydrogen) atoms. The van der Waals surface area contributed by atoms with E-state index in [4.69, 9.17) is 11.6 Å². The largest absolute Gasteiger partial charge is 0.355 e. The highest BCUT2D eigenvalue weighted by Gasteiger charge is 2.20. The highest BCUT2D eigenvalue weighted by atomic mass is 35.5. The van der Waals surface area contributed by atoms with Crippen LogP contribution in [0.25, 0.3) is 0 Å². The molecule has 90 valence electrons. The monoisotopic (exact) mass is 262 g/mol. The molecule has 0 radical (unpaired) electrons. The van der Waals surface area contributed by atoms with Gasteiger partial charge in [0, 0.05) is 31.4 Å². The first kappa shape index (κ1) is 13.5. The van der Waals surface area contributed by atoms with Crippen molar-refractivity contribution in [1.29, 1.82) is 0 Å². The van der Waals surface area contributed by atoms with Gasteiger partial charge in [0.1, 0.15) is 5.82 Å². The number of hydrogen-bond acceptors (Lipinski definition) is 4. The summed E-state index contributed by atoms with van der Waals surface area (Å²) in [7, 11) is 2.05. The topological polar surface area (TPSA) is 41.0 Å². The van der Waals surface area contributed by atoms with E-state index >= 15 is 0 Å². The van der Waals surface area contributed by atoms with Crippen molar-refractivity contribution in [2.75, 3.05) is 25.0 Å². The quantitative estimate of drug-likeness (QED) is 0.824. The first-order valence-corrected chi connectivity index (χ1v) is 5.49. The number of aryl methyl sites for hydroxylation is 1. The number of aromatic nitrogens is 2. The molecule has 0 aliphatic carbocycles. The zero-order chi connectivity index (χ0) is 10.8. The van der Waals surface area contributed by atoms with E-state index in [1.54, 1.807) is 0 Å². The third kappa shape index (κ3) is 2.97. The van der Waals surface area contributed by atoms with Crippen LogP contribution in [0, 0.1) is 6.92 Å². The molecule has 1 N–H and O–H groups in total. The lowest BCUT2D eigenvalue weighted by Gasteiger charge is -2.24. The van der Waals surface area contributed by atoms with Crippen LogP contribution in [0.1, 0.15) is 12.1 Å². The summed E-state index contributed by atoms with van der Waals surface area (Å²) in [6, 6.07) is 2.47. The lowest BCUT2D eigenvalue weighted by Crippen LogP contribution is -2.34. The maximum Gasteiger partial charge on any atom is 0.224 e. The van der Waals surface area contributed by atoms with Gasteiger partial charge in [0.15, 0.2) is 0 Å².